The molecule has 0 fully saturated rings. The van der Waals surface area contributed by atoms with Crippen molar-refractivity contribution in [3.05, 3.63) is 30.1 Å². The highest BCUT2D eigenvalue weighted by Gasteiger charge is 2.09. The van der Waals surface area contributed by atoms with E-state index in [0.717, 1.165) is 0 Å². The number of hydrogen-bond acceptors (Lipinski definition) is 8. The highest BCUT2D eigenvalue weighted by molar-refractivity contribution is 5.86. The van der Waals surface area contributed by atoms with E-state index in [4.69, 9.17) is 4.74 Å². The van der Waals surface area contributed by atoms with Gasteiger partial charge in [-0.3, -0.25) is 5.43 Å². The monoisotopic (exact) mass is 276 g/mol. The lowest BCUT2D eigenvalue weighted by atomic mass is 10.2. The minimum absolute atomic E-state index is 0.218. The Morgan fingerprint density at radius 3 is 2.65 bits per heavy atom. The number of nitrogens with zero attached hydrogens (tertiary/aromatic N) is 3. The van der Waals surface area contributed by atoms with Gasteiger partial charge in [-0.25, -0.2) is 9.97 Å². The average Bonchev–Trinajstić information content (AvgIpc) is 2.47. The van der Waals surface area contributed by atoms with E-state index >= 15 is 0 Å². The fraction of sp³-hybridized carbons (Fsp3) is 0.0833. The first-order valence-electron chi connectivity index (χ1n) is 5.51. The van der Waals surface area contributed by atoms with Gasteiger partial charge >= 0.3 is 0 Å². The third kappa shape index (κ3) is 2.69. The number of phenols is 3. The summed E-state index contributed by atoms with van der Waals surface area (Å²) in [6.45, 7) is 0. The van der Waals surface area contributed by atoms with Crippen molar-refractivity contribution in [2.24, 2.45) is 5.10 Å². The van der Waals surface area contributed by atoms with Crippen molar-refractivity contribution in [2.45, 2.75) is 0 Å². The number of hydrogen-bond donors (Lipinski definition) is 4. The molecule has 0 saturated carbocycles. The first-order valence-corrected chi connectivity index (χ1v) is 5.51. The number of ether oxygens (including phenoxy) is 1. The van der Waals surface area contributed by atoms with E-state index in [1.807, 2.05) is 0 Å². The first kappa shape index (κ1) is 13.4. The van der Waals surface area contributed by atoms with Crippen LogP contribution < -0.4 is 10.2 Å². The van der Waals surface area contributed by atoms with Crippen molar-refractivity contribution in [2.75, 3.05) is 12.5 Å². The molecule has 0 amide bonds. The summed E-state index contributed by atoms with van der Waals surface area (Å²) in [5.41, 5.74) is 2.81. The Morgan fingerprint density at radius 2 is 1.90 bits per heavy atom. The SMILES string of the molecule is COc1nccnc1NN=Cc1ccc(O)c(O)c1O. The summed E-state index contributed by atoms with van der Waals surface area (Å²) in [4.78, 5) is 7.89. The van der Waals surface area contributed by atoms with Gasteiger partial charge in [-0.05, 0) is 12.1 Å². The smallest absolute Gasteiger partial charge is 0.258 e. The summed E-state index contributed by atoms with van der Waals surface area (Å²) in [5, 5.41) is 32.0. The van der Waals surface area contributed by atoms with E-state index in [-0.39, 0.29) is 11.4 Å². The van der Waals surface area contributed by atoms with Crippen LogP contribution in [-0.2, 0) is 0 Å². The van der Waals surface area contributed by atoms with Gasteiger partial charge in [-0.15, -0.1) is 0 Å². The summed E-state index contributed by atoms with van der Waals surface area (Å²) < 4.78 is 4.97. The quantitative estimate of drug-likeness (QED) is 0.374. The lowest BCUT2D eigenvalue weighted by Crippen LogP contribution is -1.98. The van der Waals surface area contributed by atoms with Crippen LogP contribution in [0.5, 0.6) is 23.1 Å². The third-order valence-electron chi connectivity index (χ3n) is 2.39. The molecule has 104 valence electrons. The molecule has 0 bridgehead atoms. The summed E-state index contributed by atoms with van der Waals surface area (Å²) >= 11 is 0. The molecule has 0 spiro atoms. The second-order valence-electron chi connectivity index (χ2n) is 3.66. The van der Waals surface area contributed by atoms with Crippen molar-refractivity contribution < 1.29 is 20.1 Å². The van der Waals surface area contributed by atoms with Crippen LogP contribution in [0, 0.1) is 0 Å². The zero-order valence-electron chi connectivity index (χ0n) is 10.5. The summed E-state index contributed by atoms with van der Waals surface area (Å²) in [7, 11) is 1.45. The maximum absolute atomic E-state index is 9.59. The Morgan fingerprint density at radius 1 is 1.15 bits per heavy atom. The number of phenolic OH excluding ortho intramolecular Hbond substituents is 3. The number of anilines is 1. The van der Waals surface area contributed by atoms with Crippen molar-refractivity contribution >= 4 is 12.0 Å². The molecular formula is C12H12N4O4. The zero-order chi connectivity index (χ0) is 14.5. The Balaban J connectivity index is 2.17. The maximum Gasteiger partial charge on any atom is 0.258 e. The molecule has 0 saturated heterocycles. The number of benzene rings is 1. The molecule has 4 N–H and O–H groups in total. The molecule has 0 aliphatic heterocycles. The Labute approximate surface area is 114 Å². The van der Waals surface area contributed by atoms with Crippen molar-refractivity contribution in [3.63, 3.8) is 0 Å². The fourth-order valence-corrected chi connectivity index (χ4v) is 1.40. The number of hydrazone groups is 1. The molecule has 2 aromatic rings. The van der Waals surface area contributed by atoms with E-state index in [2.05, 4.69) is 20.5 Å². The van der Waals surface area contributed by atoms with Crippen molar-refractivity contribution in [1.82, 2.24) is 9.97 Å². The minimum atomic E-state index is -0.606. The molecule has 0 aliphatic carbocycles. The molecular weight excluding hydrogens is 264 g/mol. The first-order chi connectivity index (χ1) is 9.63. The molecule has 2 rings (SSSR count). The molecule has 0 atom stereocenters. The van der Waals surface area contributed by atoms with Crippen LogP contribution >= 0.6 is 0 Å². The van der Waals surface area contributed by atoms with Gasteiger partial charge in [-0.2, -0.15) is 5.10 Å². The van der Waals surface area contributed by atoms with Crippen LogP contribution in [0.2, 0.25) is 0 Å². The maximum atomic E-state index is 9.59. The van der Waals surface area contributed by atoms with Crippen LogP contribution in [0.3, 0.4) is 0 Å². The lowest BCUT2D eigenvalue weighted by Gasteiger charge is -2.05. The minimum Gasteiger partial charge on any atom is -0.504 e. The molecule has 8 heteroatoms. The highest BCUT2D eigenvalue weighted by Crippen LogP contribution is 2.36. The van der Waals surface area contributed by atoms with Gasteiger partial charge in [-0.1, -0.05) is 0 Å². The number of rotatable bonds is 4. The van der Waals surface area contributed by atoms with Gasteiger partial charge in [0.2, 0.25) is 11.6 Å². The van der Waals surface area contributed by atoms with Crippen LogP contribution in [0.1, 0.15) is 5.56 Å². The fourth-order valence-electron chi connectivity index (χ4n) is 1.40. The standard InChI is InChI=1S/C12H12N4O4/c1-20-12-11(13-4-5-14-12)16-15-6-7-2-3-8(17)10(19)9(7)18/h2-6,17-19H,1H3,(H,13,16). The number of aromatic nitrogens is 2. The number of methoxy groups -OCH3 is 1. The Bertz CT molecular complexity index is 645. The van der Waals surface area contributed by atoms with Gasteiger partial charge in [0.1, 0.15) is 0 Å². The number of nitrogens with one attached hydrogen (secondary N) is 1. The Hall–Kier alpha value is -3.03. The van der Waals surface area contributed by atoms with Gasteiger partial charge in [0, 0.05) is 18.0 Å². The normalized spacial score (nSPS) is 10.7. The van der Waals surface area contributed by atoms with E-state index in [1.54, 1.807) is 0 Å². The van der Waals surface area contributed by atoms with Crippen LogP contribution in [0.15, 0.2) is 29.6 Å². The van der Waals surface area contributed by atoms with E-state index in [1.165, 1.54) is 37.9 Å². The second kappa shape index (κ2) is 5.74. The third-order valence-corrected chi connectivity index (χ3v) is 2.39. The van der Waals surface area contributed by atoms with Gasteiger partial charge in [0.15, 0.2) is 11.5 Å². The molecule has 20 heavy (non-hydrogen) atoms. The zero-order valence-corrected chi connectivity index (χ0v) is 10.5. The van der Waals surface area contributed by atoms with Crippen LogP contribution in [0.4, 0.5) is 5.82 Å². The summed E-state index contributed by atoms with van der Waals surface area (Å²) in [6.07, 6.45) is 4.18. The van der Waals surface area contributed by atoms with Gasteiger partial charge in [0.25, 0.3) is 5.88 Å². The predicted octanol–water partition coefficient (Wildman–Crippen LogP) is 1.05. The van der Waals surface area contributed by atoms with Crippen molar-refractivity contribution in [1.29, 1.82) is 0 Å². The van der Waals surface area contributed by atoms with Crippen LogP contribution in [-0.4, -0.2) is 38.6 Å². The molecule has 0 unspecified atom stereocenters. The average molecular weight is 276 g/mol. The van der Waals surface area contributed by atoms with Gasteiger partial charge in [0.05, 0.1) is 13.3 Å². The van der Waals surface area contributed by atoms with Crippen LogP contribution in [0.25, 0.3) is 0 Å². The van der Waals surface area contributed by atoms with E-state index in [0.29, 0.717) is 5.82 Å². The molecule has 1 aromatic carbocycles. The highest BCUT2D eigenvalue weighted by atomic mass is 16.5. The Kier molecular flexibility index (Phi) is 3.85. The van der Waals surface area contributed by atoms with Crippen molar-refractivity contribution in [3.8, 4) is 23.1 Å². The molecule has 0 aliphatic rings. The molecule has 1 heterocycles. The van der Waals surface area contributed by atoms with E-state index in [9.17, 15) is 15.3 Å². The predicted molar refractivity (Wildman–Crippen MR) is 71.2 cm³/mol. The molecule has 1 aromatic heterocycles. The topological polar surface area (TPSA) is 120 Å². The summed E-state index contributed by atoms with van der Waals surface area (Å²) in [5.74, 6) is -0.924. The molecule has 8 nitrogen and oxygen atoms in total. The molecule has 0 radical (unpaired) electrons. The van der Waals surface area contributed by atoms with Gasteiger partial charge < -0.3 is 20.1 Å². The lowest BCUT2D eigenvalue weighted by molar-refractivity contribution is 0.367. The summed E-state index contributed by atoms with van der Waals surface area (Å²) in [6, 6.07) is 2.63. The van der Waals surface area contributed by atoms with E-state index < -0.39 is 17.2 Å². The second-order valence-corrected chi connectivity index (χ2v) is 3.66. The number of aromatic hydroxyl groups is 3. The largest absolute Gasteiger partial charge is 0.504 e.